The van der Waals surface area contributed by atoms with Crippen LogP contribution in [0.25, 0.3) is 0 Å². The van der Waals surface area contributed by atoms with Crippen LogP contribution >= 0.6 is 0 Å². The zero-order valence-electron chi connectivity index (χ0n) is 7.45. The van der Waals surface area contributed by atoms with Gasteiger partial charge in [-0.05, 0) is 12.1 Å². The van der Waals surface area contributed by atoms with Crippen molar-refractivity contribution < 1.29 is 4.79 Å². The highest BCUT2D eigenvalue weighted by molar-refractivity contribution is 5.63. The third kappa shape index (κ3) is 2.12. The van der Waals surface area contributed by atoms with Gasteiger partial charge in [-0.2, -0.15) is 5.26 Å². The van der Waals surface area contributed by atoms with Crippen molar-refractivity contribution in [1.82, 2.24) is 0 Å². The molecule has 0 aliphatic heterocycles. The average molecular weight is 184 g/mol. The fourth-order valence-corrected chi connectivity index (χ4v) is 0.987. The van der Waals surface area contributed by atoms with E-state index in [9.17, 15) is 4.79 Å². The van der Waals surface area contributed by atoms with Crippen molar-refractivity contribution in [3.8, 4) is 17.9 Å². The summed E-state index contributed by atoms with van der Waals surface area (Å²) < 4.78 is 0. The van der Waals surface area contributed by atoms with Crippen LogP contribution in [0.4, 0.5) is 5.69 Å². The van der Waals surface area contributed by atoms with Crippen LogP contribution < -0.4 is 5.73 Å². The van der Waals surface area contributed by atoms with E-state index in [1.807, 2.05) is 6.07 Å². The van der Waals surface area contributed by atoms with Gasteiger partial charge in [-0.15, -0.1) is 0 Å². The van der Waals surface area contributed by atoms with Gasteiger partial charge < -0.3 is 10.5 Å². The fraction of sp³-hybridized carbons (Fsp3) is 0.0909. The Kier molecular flexibility index (Phi) is 3.29. The van der Waals surface area contributed by atoms with Crippen LogP contribution in [0.1, 0.15) is 17.5 Å². The molecule has 0 aliphatic rings. The summed E-state index contributed by atoms with van der Waals surface area (Å²) in [5.74, 6) is 5.35. The smallest absolute Gasteiger partial charge is 0.131 e. The summed E-state index contributed by atoms with van der Waals surface area (Å²) in [5, 5.41) is 8.79. The molecule has 0 amide bonds. The van der Waals surface area contributed by atoms with Gasteiger partial charge in [-0.1, -0.05) is 17.9 Å². The van der Waals surface area contributed by atoms with Crippen LogP contribution in [0.2, 0.25) is 0 Å². The highest BCUT2D eigenvalue weighted by Gasteiger charge is 2.01. The van der Waals surface area contributed by atoms with Gasteiger partial charge in [0.1, 0.15) is 12.4 Å². The van der Waals surface area contributed by atoms with Crippen molar-refractivity contribution in [2.75, 3.05) is 5.73 Å². The van der Waals surface area contributed by atoms with Gasteiger partial charge in [-0.25, -0.2) is 0 Å². The Morgan fingerprint density at radius 2 is 2.29 bits per heavy atom. The van der Waals surface area contributed by atoms with Crippen molar-refractivity contribution >= 4 is 12.0 Å². The van der Waals surface area contributed by atoms with Crippen LogP contribution in [0.5, 0.6) is 0 Å². The van der Waals surface area contributed by atoms with Crippen molar-refractivity contribution in [2.45, 2.75) is 6.42 Å². The number of anilines is 1. The summed E-state index contributed by atoms with van der Waals surface area (Å²) in [5.41, 5.74) is 6.91. The van der Waals surface area contributed by atoms with Gasteiger partial charge in [0.2, 0.25) is 0 Å². The first-order valence-electron chi connectivity index (χ1n) is 4.00. The molecule has 3 nitrogen and oxygen atoms in total. The molecule has 14 heavy (non-hydrogen) atoms. The number of carbonyl (C=O) groups is 1. The molecule has 0 saturated carbocycles. The number of hydrogen-bond donors (Lipinski definition) is 1. The number of carbonyl (C=O) groups excluding carboxylic acids is 1. The molecule has 1 aromatic rings. The van der Waals surface area contributed by atoms with Crippen molar-refractivity contribution in [1.29, 1.82) is 5.26 Å². The highest BCUT2D eigenvalue weighted by Crippen LogP contribution is 2.14. The van der Waals surface area contributed by atoms with Gasteiger partial charge in [-0.3, -0.25) is 0 Å². The largest absolute Gasteiger partial charge is 0.398 e. The van der Waals surface area contributed by atoms with E-state index < -0.39 is 0 Å². The molecule has 0 spiro atoms. The Hall–Kier alpha value is -2.26. The fourth-order valence-electron chi connectivity index (χ4n) is 0.987. The molecule has 1 aromatic carbocycles. The molecule has 2 N–H and O–H groups in total. The normalized spacial score (nSPS) is 8.21. The summed E-state index contributed by atoms with van der Waals surface area (Å²) in [6, 6.07) is 7.04. The molecule has 0 radical (unpaired) electrons. The molecular formula is C11H8N2O. The maximum atomic E-state index is 10.0. The second kappa shape index (κ2) is 4.69. The summed E-state index contributed by atoms with van der Waals surface area (Å²) in [7, 11) is 0. The number of aldehydes is 1. The zero-order valence-corrected chi connectivity index (χ0v) is 7.45. The second-order valence-electron chi connectivity index (χ2n) is 2.55. The summed E-state index contributed by atoms with van der Waals surface area (Å²) >= 11 is 0. The minimum absolute atomic E-state index is 0.166. The van der Waals surface area contributed by atoms with Gasteiger partial charge in [0.15, 0.2) is 0 Å². The topological polar surface area (TPSA) is 66.9 Å². The predicted molar refractivity (Wildman–Crippen MR) is 53.1 cm³/mol. The first kappa shape index (κ1) is 9.83. The summed E-state index contributed by atoms with van der Waals surface area (Å²) in [6.45, 7) is 0. The first-order chi connectivity index (χ1) is 6.79. The van der Waals surface area contributed by atoms with E-state index in [1.165, 1.54) is 0 Å². The maximum absolute atomic E-state index is 10.0. The second-order valence-corrected chi connectivity index (χ2v) is 2.55. The molecule has 0 fully saturated rings. The van der Waals surface area contributed by atoms with E-state index in [4.69, 9.17) is 11.0 Å². The standard InChI is InChI=1S/C11H8N2O/c12-8-10-9(4-1-2-7-14)5-3-6-11(10)13/h3,5-7H,2,13H2. The molecule has 0 unspecified atom stereocenters. The summed E-state index contributed by atoms with van der Waals surface area (Å²) in [6.07, 6.45) is 0.880. The number of hydrogen-bond acceptors (Lipinski definition) is 3. The van der Waals surface area contributed by atoms with Gasteiger partial charge >= 0.3 is 0 Å². The van der Waals surface area contributed by atoms with Crippen LogP contribution in [-0.4, -0.2) is 6.29 Å². The molecular weight excluding hydrogens is 176 g/mol. The quantitative estimate of drug-likeness (QED) is 0.403. The van der Waals surface area contributed by atoms with Crippen molar-refractivity contribution in [2.24, 2.45) is 0 Å². The van der Waals surface area contributed by atoms with Crippen LogP contribution in [-0.2, 0) is 4.79 Å². The Morgan fingerprint density at radius 3 is 2.93 bits per heavy atom. The molecule has 3 heteroatoms. The van der Waals surface area contributed by atoms with Gasteiger partial charge in [0, 0.05) is 5.56 Å². The average Bonchev–Trinajstić information content (AvgIpc) is 2.18. The maximum Gasteiger partial charge on any atom is 0.131 e. The lowest BCUT2D eigenvalue weighted by molar-refractivity contribution is -0.107. The van der Waals surface area contributed by atoms with Gasteiger partial charge in [0.25, 0.3) is 0 Å². The molecule has 0 atom stereocenters. The lowest BCUT2D eigenvalue weighted by Crippen LogP contribution is -1.92. The minimum atomic E-state index is 0.166. The van der Waals surface area contributed by atoms with E-state index in [0.717, 1.165) is 0 Å². The van der Waals surface area contributed by atoms with Crippen LogP contribution in [0, 0.1) is 23.2 Å². The molecule has 1 rings (SSSR count). The predicted octanol–water partition coefficient (Wildman–Crippen LogP) is 1.08. The van der Waals surface area contributed by atoms with Crippen molar-refractivity contribution in [3.63, 3.8) is 0 Å². The van der Waals surface area contributed by atoms with E-state index in [2.05, 4.69) is 11.8 Å². The Labute approximate surface area is 82.1 Å². The molecule has 0 heterocycles. The molecule has 0 saturated heterocycles. The van der Waals surface area contributed by atoms with E-state index in [1.54, 1.807) is 18.2 Å². The SMILES string of the molecule is N#Cc1c(N)cccc1C#CCC=O. The third-order valence-electron chi connectivity index (χ3n) is 1.62. The lowest BCUT2D eigenvalue weighted by atomic mass is 10.1. The van der Waals surface area contributed by atoms with Crippen LogP contribution in [0.15, 0.2) is 18.2 Å². The number of nitrogens with zero attached hydrogens (tertiary/aromatic N) is 1. The highest BCUT2D eigenvalue weighted by atomic mass is 16.1. The van der Waals surface area contributed by atoms with E-state index >= 15 is 0 Å². The number of nitrogen functional groups attached to an aromatic ring is 1. The van der Waals surface area contributed by atoms with Crippen LogP contribution in [0.3, 0.4) is 0 Å². The van der Waals surface area contributed by atoms with Gasteiger partial charge in [0.05, 0.1) is 17.7 Å². The Balaban J connectivity index is 3.11. The molecule has 0 aliphatic carbocycles. The number of nitriles is 1. The third-order valence-corrected chi connectivity index (χ3v) is 1.62. The molecule has 0 bridgehead atoms. The van der Waals surface area contributed by atoms with E-state index in [-0.39, 0.29) is 6.42 Å². The molecule has 68 valence electrons. The number of benzene rings is 1. The van der Waals surface area contributed by atoms with E-state index in [0.29, 0.717) is 23.1 Å². The monoisotopic (exact) mass is 184 g/mol. The Morgan fingerprint density at radius 1 is 1.50 bits per heavy atom. The number of nitrogens with two attached hydrogens (primary N) is 1. The Bertz CT molecular complexity index is 447. The summed E-state index contributed by atoms with van der Waals surface area (Å²) in [4.78, 5) is 10.0. The number of rotatable bonds is 1. The zero-order chi connectivity index (χ0) is 10.4. The first-order valence-corrected chi connectivity index (χ1v) is 4.00. The van der Waals surface area contributed by atoms with Crippen molar-refractivity contribution in [3.05, 3.63) is 29.3 Å². The minimum Gasteiger partial charge on any atom is -0.398 e. The molecule has 0 aromatic heterocycles. The lowest BCUT2D eigenvalue weighted by Gasteiger charge is -1.98.